The molecule has 6 bridgehead atoms. The van der Waals surface area contributed by atoms with Crippen LogP contribution in [0.5, 0.6) is 5.75 Å². The lowest BCUT2D eigenvalue weighted by Crippen LogP contribution is -2.62. The number of aromatic nitrogens is 2. The third kappa shape index (κ3) is 9.27. The van der Waals surface area contributed by atoms with Gasteiger partial charge in [0, 0.05) is 67.8 Å². The van der Waals surface area contributed by atoms with Crippen LogP contribution in [0.15, 0.2) is 54.7 Å². The van der Waals surface area contributed by atoms with Gasteiger partial charge in [-0.05, 0) is 123 Å². The minimum atomic E-state index is -3.42. The fourth-order valence-corrected chi connectivity index (χ4v) is 13.6. The molecule has 5 aliphatic rings. The van der Waals surface area contributed by atoms with E-state index in [1.807, 2.05) is 39.0 Å². The third-order valence-corrected chi connectivity index (χ3v) is 17.7. The van der Waals surface area contributed by atoms with Crippen LogP contribution in [0.25, 0.3) is 33.3 Å². The van der Waals surface area contributed by atoms with Crippen molar-refractivity contribution in [3.63, 3.8) is 0 Å². The number of ether oxygens (including phenoxy) is 2. The third-order valence-electron chi connectivity index (χ3n) is 15.3. The molecule has 4 N–H and O–H groups in total. The average Bonchev–Trinajstić information content (AvgIpc) is 3.95. The van der Waals surface area contributed by atoms with Crippen LogP contribution in [0.2, 0.25) is 0 Å². The second kappa shape index (κ2) is 18.8. The largest absolute Gasteiger partial charge is 0.508 e. The smallest absolute Gasteiger partial charge is 0.324 e. The van der Waals surface area contributed by atoms with Crippen molar-refractivity contribution in [1.82, 2.24) is 35.5 Å². The zero-order valence-electron chi connectivity index (χ0n) is 40.8. The Kier molecular flexibility index (Phi) is 13.2. The average molecular weight is 966 g/mol. The maximum Gasteiger partial charge on any atom is 0.324 e. The van der Waals surface area contributed by atoms with Gasteiger partial charge in [0.25, 0.3) is 5.91 Å². The first-order chi connectivity index (χ1) is 32.8. The predicted molar refractivity (Wildman–Crippen MR) is 261 cm³/mol. The quantitative estimate of drug-likeness (QED) is 0.113. The summed E-state index contributed by atoms with van der Waals surface area (Å²) in [6, 6.07) is 12.5. The number of fused-ring (bicyclic) bond motifs is 6. The number of cyclic esters (lactones) is 1. The number of methoxy groups -OCH3 is 1. The number of hydrazine groups is 1. The Bertz CT molecular complexity index is 2790. The molecule has 2 aromatic carbocycles. The number of rotatable bonds is 10. The normalized spacial score (nSPS) is 26.1. The molecule has 0 radical (unpaired) electrons. The maximum absolute atomic E-state index is 14.8. The first-order valence-corrected chi connectivity index (χ1v) is 26.2. The number of carbonyl (C=O) groups is 4. The van der Waals surface area contributed by atoms with Gasteiger partial charge in [-0.3, -0.25) is 34.5 Å². The summed E-state index contributed by atoms with van der Waals surface area (Å²) in [5, 5.41) is 18.5. The van der Waals surface area contributed by atoms with E-state index < -0.39 is 67.2 Å². The summed E-state index contributed by atoms with van der Waals surface area (Å²) in [5.41, 5.74) is 8.64. The van der Waals surface area contributed by atoms with Gasteiger partial charge in [0.1, 0.15) is 29.2 Å². The van der Waals surface area contributed by atoms with E-state index in [2.05, 4.69) is 59.6 Å². The number of hydrogen-bond donors (Lipinski definition) is 4. The zero-order valence-corrected chi connectivity index (χ0v) is 41.7. The number of pyridine rings is 1. The van der Waals surface area contributed by atoms with E-state index >= 15 is 0 Å². The number of amides is 3. The Morgan fingerprint density at radius 1 is 1.04 bits per heavy atom. The van der Waals surface area contributed by atoms with Crippen molar-refractivity contribution < 1.29 is 42.2 Å². The lowest BCUT2D eigenvalue weighted by molar-refractivity contribution is -0.155. The molecule has 17 heteroatoms. The molecule has 2 aromatic heterocycles. The number of nitrogens with one attached hydrogen (secondary N) is 3. The molecule has 16 nitrogen and oxygen atoms in total. The maximum atomic E-state index is 14.8. The summed E-state index contributed by atoms with van der Waals surface area (Å²) in [5.74, 6) is -2.07. The number of esters is 1. The standard InChI is InChI=1S/C52H67N7O9S/c1-8-57-42-14-13-33-25-38(42)39(46(57)37-11-9-18-53-44(37)31(4)67-7)27-51(5,6)29-68-49(63)40-12-10-19-59(56-40)48(62)41(23-32-21-34(33)24-35(60)22-32)55-47(61)45(30(2)3)58-20-17-52(50(58)64)16-15-36(26-52)69(65,66)43-28-54-43/h9,11,13-14,18,21-22,24-25,30-31,36,40-41,43,45,54,56,60H,8,10,12,15-17,19-20,23,26-29H2,1-7H3,(H,55,61)/t31-,36?,40-,41-,43+,45-,52-/m0/s1. The highest BCUT2D eigenvalue weighted by atomic mass is 32.2. The molecule has 370 valence electrons. The Morgan fingerprint density at radius 3 is 2.55 bits per heavy atom. The molecule has 4 aliphatic heterocycles. The van der Waals surface area contributed by atoms with E-state index in [9.17, 15) is 32.7 Å². The van der Waals surface area contributed by atoms with Crippen LogP contribution in [-0.2, 0) is 57.9 Å². The van der Waals surface area contributed by atoms with Crippen LogP contribution in [0.3, 0.4) is 0 Å². The first-order valence-electron chi connectivity index (χ1n) is 24.6. The summed E-state index contributed by atoms with van der Waals surface area (Å²) in [4.78, 5) is 64.4. The van der Waals surface area contributed by atoms with E-state index in [0.717, 1.165) is 39.0 Å². The Labute approximate surface area is 404 Å². The number of nitrogens with zero attached hydrogens (tertiary/aromatic N) is 4. The molecular weight excluding hydrogens is 899 g/mol. The van der Waals surface area contributed by atoms with Crippen molar-refractivity contribution in [1.29, 1.82) is 0 Å². The molecule has 1 unspecified atom stereocenters. The molecule has 3 saturated heterocycles. The topological polar surface area (TPSA) is 211 Å². The minimum Gasteiger partial charge on any atom is -0.508 e. The van der Waals surface area contributed by atoms with Gasteiger partial charge in [-0.15, -0.1) is 0 Å². The summed E-state index contributed by atoms with van der Waals surface area (Å²) in [7, 11) is -1.75. The van der Waals surface area contributed by atoms with E-state index in [1.54, 1.807) is 30.3 Å². The van der Waals surface area contributed by atoms with Crippen LogP contribution in [-0.4, -0.2) is 119 Å². The number of aromatic hydroxyl groups is 1. The second-order valence-electron chi connectivity index (χ2n) is 21.1. The van der Waals surface area contributed by atoms with Gasteiger partial charge >= 0.3 is 5.97 Å². The number of aryl methyl sites for hydroxylation is 1. The van der Waals surface area contributed by atoms with Gasteiger partial charge in [-0.1, -0.05) is 39.8 Å². The predicted octanol–water partition coefficient (Wildman–Crippen LogP) is 5.59. The SMILES string of the molecule is CCn1c(-c2cccnc2[C@H](C)OC)c2c3cc(ccc31)-c1cc(O)cc(c1)C[C@H](NC(=O)[C@H](C(C)C)N1CC[C@]3(CCC(S(=O)(=O)[C@@H]4CN4)C3)C1=O)C(=O)N1CCC[C@H](N1)C(=O)OCC(C)(C)C2. The number of hydrogen-bond acceptors (Lipinski definition) is 12. The highest BCUT2D eigenvalue weighted by Crippen LogP contribution is 2.50. The van der Waals surface area contributed by atoms with Gasteiger partial charge < -0.3 is 29.4 Å². The summed E-state index contributed by atoms with van der Waals surface area (Å²) < 4.78 is 40.7. The van der Waals surface area contributed by atoms with Gasteiger partial charge in [-0.25, -0.2) is 13.8 Å². The highest BCUT2D eigenvalue weighted by molar-refractivity contribution is 7.92. The summed E-state index contributed by atoms with van der Waals surface area (Å²) >= 11 is 0. The number of likely N-dealkylation sites (tertiary alicyclic amines) is 1. The molecule has 4 fully saturated rings. The van der Waals surface area contributed by atoms with Gasteiger partial charge in [0.05, 0.1) is 34.8 Å². The molecule has 3 amide bonds. The summed E-state index contributed by atoms with van der Waals surface area (Å²) in [6.45, 7) is 13.7. The minimum absolute atomic E-state index is 0.0162. The van der Waals surface area contributed by atoms with Gasteiger partial charge in [0.2, 0.25) is 11.8 Å². The molecule has 69 heavy (non-hydrogen) atoms. The summed E-state index contributed by atoms with van der Waals surface area (Å²) in [6.07, 6.45) is 4.45. The van der Waals surface area contributed by atoms with E-state index in [1.165, 1.54) is 5.01 Å². The van der Waals surface area contributed by atoms with Crippen LogP contribution >= 0.6 is 0 Å². The van der Waals surface area contributed by atoms with Gasteiger partial charge in [-0.2, -0.15) is 0 Å². The molecular formula is C52H67N7O9S. The lowest BCUT2D eigenvalue weighted by Gasteiger charge is -2.37. The van der Waals surface area contributed by atoms with Crippen molar-refractivity contribution in [2.45, 2.75) is 134 Å². The highest BCUT2D eigenvalue weighted by Gasteiger charge is 2.57. The lowest BCUT2D eigenvalue weighted by atomic mass is 9.84. The number of phenolic OH excluding ortho intramolecular Hbond substituents is 1. The van der Waals surface area contributed by atoms with Crippen molar-refractivity contribution in [2.24, 2.45) is 16.7 Å². The molecule has 1 saturated carbocycles. The molecule has 4 aromatic rings. The Morgan fingerprint density at radius 2 is 1.83 bits per heavy atom. The number of phenols is 1. The monoisotopic (exact) mass is 965 g/mol. The number of carbonyl (C=O) groups excluding carboxylic acids is 4. The molecule has 1 spiro atoms. The van der Waals surface area contributed by atoms with Crippen molar-refractivity contribution >= 4 is 44.4 Å². The van der Waals surface area contributed by atoms with Crippen LogP contribution in [0.1, 0.15) is 103 Å². The van der Waals surface area contributed by atoms with E-state index in [-0.39, 0.29) is 56.2 Å². The number of benzene rings is 2. The Balaban J connectivity index is 1.09. The number of sulfone groups is 1. The fraction of sp³-hybridized carbons (Fsp3) is 0.558. The van der Waals surface area contributed by atoms with Crippen molar-refractivity contribution in [2.75, 3.05) is 33.4 Å². The molecule has 1 aliphatic carbocycles. The molecule has 7 atom stereocenters. The second-order valence-corrected chi connectivity index (χ2v) is 23.5. The van der Waals surface area contributed by atoms with E-state index in [4.69, 9.17) is 14.5 Å². The van der Waals surface area contributed by atoms with Crippen molar-refractivity contribution in [3.8, 4) is 28.1 Å². The zero-order chi connectivity index (χ0) is 49.2. The first kappa shape index (κ1) is 48.7. The fourth-order valence-electron chi connectivity index (χ4n) is 11.5. The molecule has 9 rings (SSSR count). The van der Waals surface area contributed by atoms with Crippen LogP contribution in [0.4, 0.5) is 0 Å². The van der Waals surface area contributed by atoms with Gasteiger partial charge in [0.15, 0.2) is 9.84 Å². The van der Waals surface area contributed by atoms with E-state index in [0.29, 0.717) is 62.7 Å². The molecule has 6 heterocycles. The van der Waals surface area contributed by atoms with Crippen molar-refractivity contribution in [3.05, 3.63) is 71.5 Å². The van der Waals surface area contributed by atoms with Crippen LogP contribution in [0, 0.1) is 16.7 Å². The van der Waals surface area contributed by atoms with Crippen LogP contribution < -0.4 is 16.1 Å². The Hall–Kier alpha value is -5.36.